The molecule has 90 valence electrons. The minimum absolute atomic E-state index is 0.167. The lowest BCUT2D eigenvalue weighted by Crippen LogP contribution is -2.28. The van der Waals surface area contributed by atoms with Crippen molar-refractivity contribution in [2.24, 2.45) is 0 Å². The van der Waals surface area contributed by atoms with Gasteiger partial charge in [-0.2, -0.15) is 11.8 Å². The first-order chi connectivity index (χ1) is 7.31. The second kappa shape index (κ2) is 11.9. The molecule has 0 aliphatic heterocycles. The molecular weight excluding hydrogens is 208 g/mol. The minimum atomic E-state index is 0.167. The minimum Gasteiger partial charge on any atom is -0.356 e. The molecule has 15 heavy (non-hydrogen) atoms. The summed E-state index contributed by atoms with van der Waals surface area (Å²) in [5.74, 6) is 1.40. The van der Waals surface area contributed by atoms with Crippen molar-refractivity contribution in [3.63, 3.8) is 0 Å². The molecule has 0 bridgehead atoms. The number of rotatable bonds is 10. The van der Waals surface area contributed by atoms with E-state index in [9.17, 15) is 4.79 Å². The van der Waals surface area contributed by atoms with Crippen LogP contribution in [0.4, 0.5) is 0 Å². The SMILES string of the molecule is CCNCCC(=O)NCCCCCSC. The third kappa shape index (κ3) is 11.7. The predicted molar refractivity (Wildman–Crippen MR) is 68.4 cm³/mol. The molecule has 0 radical (unpaired) electrons. The summed E-state index contributed by atoms with van der Waals surface area (Å²) in [6.45, 7) is 4.60. The molecule has 0 unspecified atom stereocenters. The molecule has 1 amide bonds. The van der Waals surface area contributed by atoms with E-state index >= 15 is 0 Å². The fourth-order valence-electron chi connectivity index (χ4n) is 1.24. The number of hydrogen-bond donors (Lipinski definition) is 2. The standard InChI is InChI=1S/C11H24N2OS/c1-3-12-9-7-11(14)13-8-5-4-6-10-15-2/h12H,3-10H2,1-2H3,(H,13,14). The molecule has 0 fully saturated rings. The highest BCUT2D eigenvalue weighted by atomic mass is 32.2. The number of nitrogens with one attached hydrogen (secondary N) is 2. The number of hydrogen-bond acceptors (Lipinski definition) is 3. The molecule has 0 spiro atoms. The smallest absolute Gasteiger partial charge is 0.221 e. The Labute approximate surface area is 97.8 Å². The highest BCUT2D eigenvalue weighted by Gasteiger charge is 1.98. The van der Waals surface area contributed by atoms with Crippen molar-refractivity contribution in [1.29, 1.82) is 0 Å². The number of thioether (sulfide) groups is 1. The highest BCUT2D eigenvalue weighted by Crippen LogP contribution is 2.01. The highest BCUT2D eigenvalue weighted by molar-refractivity contribution is 7.98. The van der Waals surface area contributed by atoms with Crippen LogP contribution in [0.1, 0.15) is 32.6 Å². The fraction of sp³-hybridized carbons (Fsp3) is 0.909. The average Bonchev–Trinajstić information content (AvgIpc) is 2.23. The maximum Gasteiger partial charge on any atom is 0.221 e. The molecule has 0 aliphatic carbocycles. The zero-order chi connectivity index (χ0) is 11.4. The van der Waals surface area contributed by atoms with Gasteiger partial charge in [-0.1, -0.05) is 13.3 Å². The number of unbranched alkanes of at least 4 members (excludes halogenated alkanes) is 2. The molecule has 2 N–H and O–H groups in total. The first kappa shape index (κ1) is 14.8. The van der Waals surface area contributed by atoms with Gasteiger partial charge in [0.2, 0.25) is 5.91 Å². The van der Waals surface area contributed by atoms with Crippen LogP contribution in [0.5, 0.6) is 0 Å². The van der Waals surface area contributed by atoms with Gasteiger partial charge in [0.1, 0.15) is 0 Å². The van der Waals surface area contributed by atoms with E-state index in [-0.39, 0.29) is 5.91 Å². The summed E-state index contributed by atoms with van der Waals surface area (Å²) >= 11 is 1.88. The van der Waals surface area contributed by atoms with Crippen LogP contribution in [-0.4, -0.2) is 37.6 Å². The zero-order valence-corrected chi connectivity index (χ0v) is 10.8. The van der Waals surface area contributed by atoms with Crippen molar-refractivity contribution < 1.29 is 4.79 Å². The molecule has 0 aromatic rings. The summed E-state index contributed by atoms with van der Waals surface area (Å²) in [6, 6.07) is 0. The Bertz CT molecular complexity index is 154. The van der Waals surface area contributed by atoms with Crippen molar-refractivity contribution in [2.75, 3.05) is 31.6 Å². The van der Waals surface area contributed by atoms with E-state index in [0.717, 1.165) is 26.1 Å². The van der Waals surface area contributed by atoms with Crippen LogP contribution in [0.25, 0.3) is 0 Å². The van der Waals surface area contributed by atoms with E-state index in [0.29, 0.717) is 6.42 Å². The van der Waals surface area contributed by atoms with Crippen LogP contribution < -0.4 is 10.6 Å². The van der Waals surface area contributed by atoms with E-state index in [2.05, 4.69) is 16.9 Å². The van der Waals surface area contributed by atoms with Gasteiger partial charge in [-0.3, -0.25) is 4.79 Å². The summed E-state index contributed by atoms with van der Waals surface area (Å²) in [4.78, 5) is 11.3. The van der Waals surface area contributed by atoms with Gasteiger partial charge < -0.3 is 10.6 Å². The summed E-state index contributed by atoms with van der Waals surface area (Å²) in [5, 5.41) is 6.07. The van der Waals surface area contributed by atoms with Gasteiger partial charge in [0.15, 0.2) is 0 Å². The summed E-state index contributed by atoms with van der Waals surface area (Å²) in [6.07, 6.45) is 6.30. The lowest BCUT2D eigenvalue weighted by Gasteiger charge is -2.05. The summed E-state index contributed by atoms with van der Waals surface area (Å²) in [5.41, 5.74) is 0. The molecule has 0 aromatic heterocycles. The molecule has 0 aliphatic rings. The third-order valence-corrected chi connectivity index (χ3v) is 2.82. The molecule has 0 heterocycles. The van der Waals surface area contributed by atoms with Crippen LogP contribution in [0.2, 0.25) is 0 Å². The van der Waals surface area contributed by atoms with Crippen LogP contribution in [0.15, 0.2) is 0 Å². The van der Waals surface area contributed by atoms with E-state index < -0.39 is 0 Å². The van der Waals surface area contributed by atoms with Crippen molar-refractivity contribution in [1.82, 2.24) is 10.6 Å². The second-order valence-corrected chi connectivity index (χ2v) is 4.49. The first-order valence-electron chi connectivity index (χ1n) is 5.77. The molecule has 3 nitrogen and oxygen atoms in total. The van der Waals surface area contributed by atoms with Gasteiger partial charge in [-0.25, -0.2) is 0 Å². The predicted octanol–water partition coefficient (Wildman–Crippen LogP) is 1.64. The monoisotopic (exact) mass is 232 g/mol. The average molecular weight is 232 g/mol. The van der Waals surface area contributed by atoms with Crippen LogP contribution in [-0.2, 0) is 4.79 Å². The van der Waals surface area contributed by atoms with E-state index in [1.165, 1.54) is 18.6 Å². The Morgan fingerprint density at radius 1 is 1.20 bits per heavy atom. The summed E-state index contributed by atoms with van der Waals surface area (Å²) < 4.78 is 0. The van der Waals surface area contributed by atoms with Gasteiger partial charge in [0.25, 0.3) is 0 Å². The van der Waals surface area contributed by atoms with Gasteiger partial charge in [0.05, 0.1) is 0 Å². The Balaban J connectivity index is 3.10. The van der Waals surface area contributed by atoms with Crippen LogP contribution >= 0.6 is 11.8 Å². The molecule has 0 saturated heterocycles. The Kier molecular flexibility index (Phi) is 11.7. The Hall–Kier alpha value is -0.220. The topological polar surface area (TPSA) is 41.1 Å². The maximum atomic E-state index is 11.3. The normalized spacial score (nSPS) is 10.3. The fourth-order valence-corrected chi connectivity index (χ4v) is 1.74. The maximum absolute atomic E-state index is 11.3. The zero-order valence-electron chi connectivity index (χ0n) is 9.97. The Morgan fingerprint density at radius 2 is 2.00 bits per heavy atom. The quantitative estimate of drug-likeness (QED) is 0.563. The second-order valence-electron chi connectivity index (χ2n) is 3.51. The molecular formula is C11H24N2OS. The third-order valence-electron chi connectivity index (χ3n) is 2.13. The Morgan fingerprint density at radius 3 is 2.67 bits per heavy atom. The number of carbonyl (C=O) groups excluding carboxylic acids is 1. The van der Waals surface area contributed by atoms with Gasteiger partial charge >= 0.3 is 0 Å². The van der Waals surface area contributed by atoms with Crippen molar-refractivity contribution in [3.05, 3.63) is 0 Å². The molecule has 4 heteroatoms. The molecule has 0 rings (SSSR count). The van der Waals surface area contributed by atoms with Crippen molar-refractivity contribution in [3.8, 4) is 0 Å². The molecule has 0 aromatic carbocycles. The summed E-state index contributed by atoms with van der Waals surface area (Å²) in [7, 11) is 0. The van der Waals surface area contributed by atoms with E-state index in [1.807, 2.05) is 18.7 Å². The van der Waals surface area contributed by atoms with Gasteiger partial charge in [-0.05, 0) is 31.4 Å². The number of carbonyl (C=O) groups is 1. The van der Waals surface area contributed by atoms with Crippen molar-refractivity contribution >= 4 is 17.7 Å². The van der Waals surface area contributed by atoms with E-state index in [1.54, 1.807) is 0 Å². The molecule has 0 saturated carbocycles. The van der Waals surface area contributed by atoms with Crippen LogP contribution in [0.3, 0.4) is 0 Å². The lowest BCUT2D eigenvalue weighted by molar-refractivity contribution is -0.120. The number of amides is 1. The first-order valence-corrected chi connectivity index (χ1v) is 7.17. The van der Waals surface area contributed by atoms with Crippen molar-refractivity contribution in [2.45, 2.75) is 32.6 Å². The van der Waals surface area contributed by atoms with Gasteiger partial charge in [0, 0.05) is 19.5 Å². The van der Waals surface area contributed by atoms with E-state index in [4.69, 9.17) is 0 Å². The van der Waals surface area contributed by atoms with Gasteiger partial charge in [-0.15, -0.1) is 0 Å². The van der Waals surface area contributed by atoms with Crippen LogP contribution in [0, 0.1) is 0 Å². The lowest BCUT2D eigenvalue weighted by atomic mass is 10.2. The largest absolute Gasteiger partial charge is 0.356 e. The molecule has 0 atom stereocenters.